The van der Waals surface area contributed by atoms with Gasteiger partial charge in [0.05, 0.1) is 4.91 Å². The number of nitrogens with zero attached hydrogens (tertiary/aromatic N) is 1. The molecule has 0 atom stereocenters. The van der Waals surface area contributed by atoms with E-state index in [1.165, 1.54) is 16.7 Å². The average Bonchev–Trinajstić information content (AvgIpc) is 2.52. The SMILES string of the molecule is CN1C(=O)C(=Cc2c(Cl)cccc2Cl)SC1=S. The molecule has 1 saturated heterocycles. The molecule has 6 heteroatoms. The maximum atomic E-state index is 11.8. The van der Waals surface area contributed by atoms with Gasteiger partial charge in [-0.05, 0) is 18.2 Å². The molecule has 0 aliphatic carbocycles. The molecular weight excluding hydrogens is 297 g/mol. The van der Waals surface area contributed by atoms with Crippen molar-refractivity contribution in [2.24, 2.45) is 0 Å². The van der Waals surface area contributed by atoms with Gasteiger partial charge in [-0.1, -0.05) is 53.2 Å². The van der Waals surface area contributed by atoms with Crippen LogP contribution in [-0.2, 0) is 4.79 Å². The molecule has 17 heavy (non-hydrogen) atoms. The van der Waals surface area contributed by atoms with Gasteiger partial charge in [-0.15, -0.1) is 0 Å². The van der Waals surface area contributed by atoms with Crippen LogP contribution in [0.2, 0.25) is 10.0 Å². The van der Waals surface area contributed by atoms with Crippen LogP contribution in [-0.4, -0.2) is 22.2 Å². The minimum Gasteiger partial charge on any atom is -0.296 e. The van der Waals surface area contributed by atoms with Gasteiger partial charge < -0.3 is 0 Å². The minimum absolute atomic E-state index is 0.129. The van der Waals surface area contributed by atoms with Gasteiger partial charge in [0.1, 0.15) is 4.32 Å². The van der Waals surface area contributed by atoms with Crippen LogP contribution in [0.15, 0.2) is 23.1 Å². The zero-order chi connectivity index (χ0) is 12.6. The monoisotopic (exact) mass is 303 g/mol. The Morgan fingerprint density at radius 2 is 1.94 bits per heavy atom. The van der Waals surface area contributed by atoms with Gasteiger partial charge in [-0.25, -0.2) is 0 Å². The highest BCUT2D eigenvalue weighted by Crippen LogP contribution is 2.34. The predicted molar refractivity (Wildman–Crippen MR) is 77.4 cm³/mol. The fraction of sp³-hybridized carbons (Fsp3) is 0.0909. The second-order valence-corrected chi connectivity index (χ2v) is 5.87. The number of carbonyl (C=O) groups excluding carboxylic acids is 1. The van der Waals surface area contributed by atoms with Gasteiger partial charge in [-0.3, -0.25) is 9.69 Å². The summed E-state index contributed by atoms with van der Waals surface area (Å²) < 4.78 is 0.532. The number of benzene rings is 1. The second-order valence-electron chi connectivity index (χ2n) is 3.38. The lowest BCUT2D eigenvalue weighted by Gasteiger charge is -2.04. The van der Waals surface area contributed by atoms with E-state index in [9.17, 15) is 4.79 Å². The molecule has 0 unspecified atom stereocenters. The predicted octanol–water partition coefficient (Wildman–Crippen LogP) is 3.82. The summed E-state index contributed by atoms with van der Waals surface area (Å²) in [6.45, 7) is 0. The lowest BCUT2D eigenvalue weighted by Crippen LogP contribution is -2.22. The molecule has 1 amide bonds. The van der Waals surface area contributed by atoms with Gasteiger partial charge in [0.25, 0.3) is 5.91 Å². The van der Waals surface area contributed by atoms with E-state index in [2.05, 4.69) is 0 Å². The van der Waals surface area contributed by atoms with E-state index in [0.29, 0.717) is 24.8 Å². The van der Waals surface area contributed by atoms with Crippen molar-refractivity contribution >= 4 is 63.5 Å². The fourth-order valence-corrected chi connectivity index (χ4v) is 2.99. The van der Waals surface area contributed by atoms with Crippen molar-refractivity contribution in [1.82, 2.24) is 4.90 Å². The zero-order valence-electron chi connectivity index (χ0n) is 8.74. The van der Waals surface area contributed by atoms with Crippen molar-refractivity contribution in [3.8, 4) is 0 Å². The topological polar surface area (TPSA) is 20.3 Å². The molecule has 0 bridgehead atoms. The van der Waals surface area contributed by atoms with Crippen molar-refractivity contribution in [2.45, 2.75) is 0 Å². The Morgan fingerprint density at radius 3 is 2.41 bits per heavy atom. The lowest BCUT2D eigenvalue weighted by atomic mass is 10.2. The molecule has 1 aliphatic rings. The molecule has 88 valence electrons. The molecule has 0 aromatic heterocycles. The molecule has 0 saturated carbocycles. The third-order valence-corrected chi connectivity index (χ3v) is 4.41. The van der Waals surface area contributed by atoms with Crippen molar-refractivity contribution in [3.63, 3.8) is 0 Å². The maximum absolute atomic E-state index is 11.8. The number of thiocarbonyl (C=S) groups is 1. The quantitative estimate of drug-likeness (QED) is 0.581. The highest BCUT2D eigenvalue weighted by molar-refractivity contribution is 8.26. The molecule has 0 radical (unpaired) electrons. The molecule has 0 N–H and O–H groups in total. The number of carbonyl (C=O) groups is 1. The van der Waals surface area contributed by atoms with E-state index in [1.807, 2.05) is 0 Å². The van der Waals surface area contributed by atoms with Crippen molar-refractivity contribution in [2.75, 3.05) is 7.05 Å². The Labute approximate surface area is 119 Å². The zero-order valence-corrected chi connectivity index (χ0v) is 11.9. The van der Waals surface area contributed by atoms with Crippen LogP contribution in [0.3, 0.4) is 0 Å². The van der Waals surface area contributed by atoms with E-state index < -0.39 is 0 Å². The normalized spacial score (nSPS) is 18.3. The molecule has 2 rings (SSSR count). The van der Waals surface area contributed by atoms with Crippen LogP contribution in [0.25, 0.3) is 6.08 Å². The Kier molecular flexibility index (Phi) is 3.78. The van der Waals surface area contributed by atoms with Crippen LogP contribution in [0.4, 0.5) is 0 Å². The average molecular weight is 304 g/mol. The van der Waals surface area contributed by atoms with Crippen LogP contribution in [0.5, 0.6) is 0 Å². The number of thioether (sulfide) groups is 1. The Bertz CT molecular complexity index is 522. The Morgan fingerprint density at radius 1 is 1.35 bits per heavy atom. The summed E-state index contributed by atoms with van der Waals surface area (Å²) in [6.07, 6.45) is 1.67. The lowest BCUT2D eigenvalue weighted by molar-refractivity contribution is -0.121. The van der Waals surface area contributed by atoms with Crippen molar-refractivity contribution in [1.29, 1.82) is 0 Å². The second kappa shape index (κ2) is 4.98. The van der Waals surface area contributed by atoms with Gasteiger partial charge in [0.2, 0.25) is 0 Å². The van der Waals surface area contributed by atoms with Gasteiger partial charge >= 0.3 is 0 Å². The first-order valence-corrected chi connectivity index (χ1v) is 6.64. The molecule has 1 aliphatic heterocycles. The van der Waals surface area contributed by atoms with Crippen LogP contribution in [0.1, 0.15) is 5.56 Å². The highest BCUT2D eigenvalue weighted by atomic mass is 35.5. The van der Waals surface area contributed by atoms with Crippen LogP contribution in [0, 0.1) is 0 Å². The number of hydrogen-bond donors (Lipinski definition) is 0. The van der Waals surface area contributed by atoms with Crippen LogP contribution >= 0.6 is 47.2 Å². The Hall–Kier alpha value is -0.550. The third kappa shape index (κ3) is 2.50. The molecule has 1 aromatic rings. The number of likely N-dealkylation sites (N-methyl/N-ethyl adjacent to an activating group) is 1. The van der Waals surface area contributed by atoms with Crippen molar-refractivity contribution < 1.29 is 4.79 Å². The molecule has 1 heterocycles. The summed E-state index contributed by atoms with van der Waals surface area (Å²) in [6, 6.07) is 5.21. The third-order valence-electron chi connectivity index (χ3n) is 2.26. The van der Waals surface area contributed by atoms with Gasteiger partial charge in [-0.2, -0.15) is 0 Å². The number of amides is 1. The number of hydrogen-bond acceptors (Lipinski definition) is 3. The molecule has 0 spiro atoms. The first-order valence-electron chi connectivity index (χ1n) is 4.66. The highest BCUT2D eigenvalue weighted by Gasteiger charge is 2.29. The fourth-order valence-electron chi connectivity index (χ4n) is 1.33. The first kappa shape index (κ1) is 12.9. The molecule has 1 aromatic carbocycles. The Balaban J connectivity index is 2.44. The summed E-state index contributed by atoms with van der Waals surface area (Å²) in [5.41, 5.74) is 0.643. The minimum atomic E-state index is -0.129. The summed E-state index contributed by atoms with van der Waals surface area (Å²) in [4.78, 5) is 13.8. The van der Waals surface area contributed by atoms with Gasteiger partial charge in [0.15, 0.2) is 0 Å². The van der Waals surface area contributed by atoms with Crippen molar-refractivity contribution in [3.05, 3.63) is 38.7 Å². The smallest absolute Gasteiger partial charge is 0.265 e. The van der Waals surface area contributed by atoms with E-state index >= 15 is 0 Å². The molecule has 2 nitrogen and oxygen atoms in total. The standard InChI is InChI=1S/C11H7Cl2NOS2/c1-14-10(15)9(17-11(14)16)5-6-7(12)3-2-4-8(6)13/h2-5H,1H3. The first-order chi connectivity index (χ1) is 8.00. The number of halogens is 2. The molecule has 1 fully saturated rings. The summed E-state index contributed by atoms with van der Waals surface area (Å²) in [7, 11) is 1.65. The summed E-state index contributed by atoms with van der Waals surface area (Å²) in [5, 5.41) is 1.03. The van der Waals surface area contributed by atoms with E-state index in [4.69, 9.17) is 35.4 Å². The summed E-state index contributed by atoms with van der Waals surface area (Å²) in [5.74, 6) is -0.129. The number of rotatable bonds is 1. The van der Waals surface area contributed by atoms with Gasteiger partial charge in [0, 0.05) is 22.7 Å². The maximum Gasteiger partial charge on any atom is 0.265 e. The molecular formula is C11H7Cl2NOS2. The largest absolute Gasteiger partial charge is 0.296 e. The van der Waals surface area contributed by atoms with Crippen LogP contribution < -0.4 is 0 Å². The summed E-state index contributed by atoms with van der Waals surface area (Å²) >= 11 is 18.3. The van der Waals surface area contributed by atoms with E-state index in [-0.39, 0.29) is 5.91 Å². The van der Waals surface area contributed by atoms with E-state index in [0.717, 1.165) is 0 Å². The van der Waals surface area contributed by atoms with E-state index in [1.54, 1.807) is 31.3 Å².